The molecule has 0 spiro atoms. The molecule has 1 saturated carbocycles. The van der Waals surface area contributed by atoms with E-state index in [-0.39, 0.29) is 23.9 Å². The summed E-state index contributed by atoms with van der Waals surface area (Å²) < 4.78 is 0. The standard InChI is InChI=1S/C12H24N4O2/c1-16(2)12(18)15-8-7-14-11(17)9-5-3-4-6-10(9)13/h9-10H,3-8,13H2,1-2H3,(H,14,17)(H,15,18). The number of rotatable bonds is 4. The molecule has 104 valence electrons. The van der Waals surface area contributed by atoms with E-state index in [1.165, 1.54) is 4.90 Å². The Morgan fingerprint density at radius 3 is 2.39 bits per heavy atom. The average molecular weight is 256 g/mol. The highest BCUT2D eigenvalue weighted by Crippen LogP contribution is 2.22. The number of nitrogens with one attached hydrogen (secondary N) is 2. The molecule has 2 unspecified atom stereocenters. The summed E-state index contributed by atoms with van der Waals surface area (Å²) in [5.74, 6) is -0.0513. The Morgan fingerprint density at radius 1 is 1.17 bits per heavy atom. The summed E-state index contributed by atoms with van der Waals surface area (Å²) in [6.45, 7) is 0.881. The van der Waals surface area contributed by atoms with Gasteiger partial charge in [-0.05, 0) is 12.8 Å². The molecule has 1 fully saturated rings. The van der Waals surface area contributed by atoms with Crippen molar-refractivity contribution in [2.24, 2.45) is 11.7 Å². The molecular formula is C12H24N4O2. The van der Waals surface area contributed by atoms with Gasteiger partial charge in [0.1, 0.15) is 0 Å². The van der Waals surface area contributed by atoms with Crippen LogP contribution >= 0.6 is 0 Å². The van der Waals surface area contributed by atoms with Gasteiger partial charge in [-0.25, -0.2) is 4.79 Å². The number of hydrogen-bond donors (Lipinski definition) is 3. The van der Waals surface area contributed by atoms with Crippen molar-refractivity contribution in [1.29, 1.82) is 0 Å². The molecule has 0 saturated heterocycles. The lowest BCUT2D eigenvalue weighted by Crippen LogP contribution is -2.46. The molecule has 0 bridgehead atoms. The zero-order valence-corrected chi connectivity index (χ0v) is 11.2. The zero-order valence-electron chi connectivity index (χ0n) is 11.2. The number of amides is 3. The first-order valence-corrected chi connectivity index (χ1v) is 6.51. The number of nitrogens with zero attached hydrogens (tertiary/aromatic N) is 1. The van der Waals surface area contributed by atoms with E-state index < -0.39 is 0 Å². The Kier molecular flexibility index (Phi) is 5.91. The summed E-state index contributed by atoms with van der Waals surface area (Å²) in [5.41, 5.74) is 5.93. The number of urea groups is 1. The van der Waals surface area contributed by atoms with Crippen LogP contribution in [-0.4, -0.2) is 50.1 Å². The van der Waals surface area contributed by atoms with E-state index in [1.807, 2.05) is 0 Å². The lowest BCUT2D eigenvalue weighted by atomic mass is 9.84. The van der Waals surface area contributed by atoms with E-state index in [2.05, 4.69) is 10.6 Å². The van der Waals surface area contributed by atoms with Crippen molar-refractivity contribution in [2.45, 2.75) is 31.7 Å². The molecule has 1 aliphatic rings. The molecule has 0 heterocycles. The van der Waals surface area contributed by atoms with Crippen LogP contribution < -0.4 is 16.4 Å². The maximum absolute atomic E-state index is 11.9. The molecule has 1 rings (SSSR count). The third-order valence-electron chi connectivity index (χ3n) is 3.26. The van der Waals surface area contributed by atoms with Crippen LogP contribution in [0.25, 0.3) is 0 Å². The van der Waals surface area contributed by atoms with Gasteiger partial charge in [-0.3, -0.25) is 4.79 Å². The fourth-order valence-corrected chi connectivity index (χ4v) is 2.13. The fraction of sp³-hybridized carbons (Fsp3) is 0.833. The molecule has 6 nitrogen and oxygen atoms in total. The monoisotopic (exact) mass is 256 g/mol. The predicted octanol–water partition coefficient (Wildman–Crippen LogP) is -0.109. The summed E-state index contributed by atoms with van der Waals surface area (Å²) in [5, 5.41) is 5.52. The first-order chi connectivity index (χ1) is 8.52. The van der Waals surface area contributed by atoms with Gasteiger partial charge in [-0.2, -0.15) is 0 Å². The van der Waals surface area contributed by atoms with Crippen LogP contribution in [0.4, 0.5) is 4.79 Å². The van der Waals surface area contributed by atoms with Crippen LogP contribution in [0.2, 0.25) is 0 Å². The van der Waals surface area contributed by atoms with Crippen LogP contribution in [0, 0.1) is 5.92 Å². The minimum atomic E-state index is -0.154. The van der Waals surface area contributed by atoms with E-state index in [4.69, 9.17) is 5.73 Å². The van der Waals surface area contributed by atoms with Gasteiger partial charge in [-0.15, -0.1) is 0 Å². The predicted molar refractivity (Wildman–Crippen MR) is 70.0 cm³/mol. The summed E-state index contributed by atoms with van der Waals surface area (Å²) in [7, 11) is 3.35. The van der Waals surface area contributed by atoms with Gasteiger partial charge in [0.2, 0.25) is 5.91 Å². The van der Waals surface area contributed by atoms with E-state index in [0.29, 0.717) is 13.1 Å². The largest absolute Gasteiger partial charge is 0.354 e. The summed E-state index contributed by atoms with van der Waals surface area (Å²) in [6.07, 6.45) is 3.99. The molecule has 0 aromatic rings. The highest BCUT2D eigenvalue weighted by Gasteiger charge is 2.27. The van der Waals surface area contributed by atoms with Crippen molar-refractivity contribution in [3.05, 3.63) is 0 Å². The highest BCUT2D eigenvalue weighted by atomic mass is 16.2. The van der Waals surface area contributed by atoms with Gasteiger partial charge in [0.05, 0.1) is 5.92 Å². The molecule has 1 aliphatic carbocycles. The second-order valence-corrected chi connectivity index (χ2v) is 4.97. The minimum Gasteiger partial charge on any atom is -0.354 e. The average Bonchev–Trinajstić information content (AvgIpc) is 2.34. The number of carbonyl (C=O) groups is 2. The van der Waals surface area contributed by atoms with Gasteiger partial charge < -0.3 is 21.3 Å². The zero-order chi connectivity index (χ0) is 13.5. The Labute approximate surface area is 108 Å². The number of nitrogens with two attached hydrogens (primary N) is 1. The van der Waals surface area contributed by atoms with Gasteiger partial charge in [0.25, 0.3) is 0 Å². The summed E-state index contributed by atoms with van der Waals surface area (Å²) >= 11 is 0. The van der Waals surface area contributed by atoms with Crippen molar-refractivity contribution in [3.63, 3.8) is 0 Å². The lowest BCUT2D eigenvalue weighted by molar-refractivity contribution is -0.126. The summed E-state index contributed by atoms with van der Waals surface area (Å²) in [6, 6.07) is -0.172. The summed E-state index contributed by atoms with van der Waals surface area (Å²) in [4.78, 5) is 24.6. The second-order valence-electron chi connectivity index (χ2n) is 4.97. The van der Waals surface area contributed by atoms with Gasteiger partial charge in [0, 0.05) is 33.2 Å². The van der Waals surface area contributed by atoms with Crippen molar-refractivity contribution in [1.82, 2.24) is 15.5 Å². The van der Waals surface area contributed by atoms with Crippen LogP contribution in [0.5, 0.6) is 0 Å². The molecule has 4 N–H and O–H groups in total. The molecule has 3 amide bonds. The normalized spacial score (nSPS) is 23.3. The van der Waals surface area contributed by atoms with Crippen LogP contribution in [0.1, 0.15) is 25.7 Å². The smallest absolute Gasteiger partial charge is 0.316 e. The quantitative estimate of drug-likeness (QED) is 0.613. The SMILES string of the molecule is CN(C)C(=O)NCCNC(=O)C1CCCCC1N. The molecule has 0 radical (unpaired) electrons. The van der Waals surface area contributed by atoms with E-state index in [9.17, 15) is 9.59 Å². The lowest BCUT2D eigenvalue weighted by Gasteiger charge is -2.27. The van der Waals surface area contributed by atoms with Gasteiger partial charge >= 0.3 is 6.03 Å². The Balaban J connectivity index is 2.18. The molecule has 0 aliphatic heterocycles. The van der Waals surface area contributed by atoms with E-state index in [1.54, 1.807) is 14.1 Å². The maximum atomic E-state index is 11.9. The molecule has 0 aromatic carbocycles. The second kappa shape index (κ2) is 7.20. The van der Waals surface area contributed by atoms with Crippen molar-refractivity contribution in [3.8, 4) is 0 Å². The van der Waals surface area contributed by atoms with Crippen LogP contribution in [0.3, 0.4) is 0 Å². The van der Waals surface area contributed by atoms with Crippen molar-refractivity contribution >= 4 is 11.9 Å². The van der Waals surface area contributed by atoms with E-state index in [0.717, 1.165) is 25.7 Å². The van der Waals surface area contributed by atoms with E-state index >= 15 is 0 Å². The molecule has 2 atom stereocenters. The van der Waals surface area contributed by atoms with Crippen molar-refractivity contribution in [2.75, 3.05) is 27.2 Å². The van der Waals surface area contributed by atoms with Gasteiger partial charge in [0.15, 0.2) is 0 Å². The van der Waals surface area contributed by atoms with Crippen LogP contribution in [0.15, 0.2) is 0 Å². The molecule has 18 heavy (non-hydrogen) atoms. The molecule has 0 aromatic heterocycles. The number of carbonyl (C=O) groups excluding carboxylic acids is 2. The number of hydrogen-bond acceptors (Lipinski definition) is 3. The molecular weight excluding hydrogens is 232 g/mol. The minimum absolute atomic E-state index is 0.0151. The first-order valence-electron chi connectivity index (χ1n) is 6.51. The topological polar surface area (TPSA) is 87.5 Å². The Bertz CT molecular complexity index is 294. The molecule has 6 heteroatoms. The fourth-order valence-electron chi connectivity index (χ4n) is 2.13. The maximum Gasteiger partial charge on any atom is 0.316 e. The first kappa shape index (κ1) is 14.8. The van der Waals surface area contributed by atoms with Gasteiger partial charge in [-0.1, -0.05) is 12.8 Å². The van der Waals surface area contributed by atoms with Crippen molar-refractivity contribution < 1.29 is 9.59 Å². The third-order valence-corrected chi connectivity index (χ3v) is 3.26. The third kappa shape index (κ3) is 4.52. The Hall–Kier alpha value is -1.30. The highest BCUT2D eigenvalue weighted by molar-refractivity contribution is 5.79. The van der Waals surface area contributed by atoms with Crippen LogP contribution in [-0.2, 0) is 4.79 Å². The Morgan fingerprint density at radius 2 is 1.78 bits per heavy atom.